The number of fused-ring (bicyclic) bond motifs is 1. The van der Waals surface area contributed by atoms with Crippen molar-refractivity contribution in [3.63, 3.8) is 0 Å². The lowest BCUT2D eigenvalue weighted by atomic mass is 10.0. The molecule has 3 aliphatic heterocycles. The third-order valence-corrected chi connectivity index (χ3v) is 5.36. The van der Waals surface area contributed by atoms with Gasteiger partial charge in [0, 0.05) is 43.5 Å². The van der Waals surface area contributed by atoms with Gasteiger partial charge in [0.15, 0.2) is 0 Å². The molecule has 25 heavy (non-hydrogen) atoms. The Morgan fingerprint density at radius 2 is 1.80 bits per heavy atom. The lowest BCUT2D eigenvalue weighted by Gasteiger charge is -2.40. The van der Waals surface area contributed by atoms with Gasteiger partial charge in [-0.1, -0.05) is 18.2 Å². The highest BCUT2D eigenvalue weighted by Gasteiger charge is 2.35. The number of anilines is 1. The van der Waals surface area contributed by atoms with Gasteiger partial charge in [0.25, 0.3) is 5.91 Å². The van der Waals surface area contributed by atoms with Gasteiger partial charge in [-0.15, -0.1) is 0 Å². The van der Waals surface area contributed by atoms with Gasteiger partial charge in [-0.3, -0.25) is 9.69 Å². The molecule has 3 aliphatic rings. The zero-order valence-electron chi connectivity index (χ0n) is 14.2. The van der Waals surface area contributed by atoms with Gasteiger partial charge in [-0.2, -0.15) is 0 Å². The largest absolute Gasteiger partial charge is 0.431 e. The van der Waals surface area contributed by atoms with Gasteiger partial charge in [0.05, 0.1) is 0 Å². The standard InChI is InChI=1S/C18H24N4O3/c23-17-16(14-3-1-2-4-15(14)20-17)25-18(24)22-11-9-21(10-12-22)13-5-7-19-8-6-13/h1-4,13,16,19H,5-12H2,(H,20,23). The molecule has 1 aromatic carbocycles. The lowest BCUT2D eigenvalue weighted by molar-refractivity contribution is -0.124. The summed E-state index contributed by atoms with van der Waals surface area (Å²) in [5.74, 6) is -0.275. The van der Waals surface area contributed by atoms with Crippen LogP contribution >= 0.6 is 0 Å². The Morgan fingerprint density at radius 3 is 2.56 bits per heavy atom. The van der Waals surface area contributed by atoms with E-state index in [1.54, 1.807) is 4.90 Å². The van der Waals surface area contributed by atoms with Crippen molar-refractivity contribution in [2.45, 2.75) is 25.0 Å². The fourth-order valence-electron chi connectivity index (χ4n) is 3.91. The molecule has 1 unspecified atom stereocenters. The van der Waals surface area contributed by atoms with Crippen LogP contribution in [0, 0.1) is 0 Å². The van der Waals surface area contributed by atoms with E-state index in [2.05, 4.69) is 15.5 Å². The minimum atomic E-state index is -0.842. The van der Waals surface area contributed by atoms with Crippen molar-refractivity contribution in [1.29, 1.82) is 0 Å². The molecule has 0 aromatic heterocycles. The topological polar surface area (TPSA) is 73.9 Å². The third-order valence-electron chi connectivity index (χ3n) is 5.36. The van der Waals surface area contributed by atoms with Gasteiger partial charge in [0.1, 0.15) is 0 Å². The number of piperazine rings is 1. The van der Waals surface area contributed by atoms with Crippen molar-refractivity contribution in [2.75, 3.05) is 44.6 Å². The van der Waals surface area contributed by atoms with Crippen LogP contribution in [0.1, 0.15) is 24.5 Å². The quantitative estimate of drug-likeness (QED) is 0.843. The first kappa shape index (κ1) is 16.4. The Morgan fingerprint density at radius 1 is 1.08 bits per heavy atom. The minimum absolute atomic E-state index is 0.275. The first-order valence-corrected chi connectivity index (χ1v) is 9.02. The Kier molecular flexibility index (Phi) is 4.59. The van der Waals surface area contributed by atoms with Crippen LogP contribution < -0.4 is 10.6 Å². The fraction of sp³-hybridized carbons (Fsp3) is 0.556. The first-order valence-electron chi connectivity index (χ1n) is 9.02. The molecule has 0 bridgehead atoms. The Labute approximate surface area is 147 Å². The van der Waals surface area contributed by atoms with E-state index in [9.17, 15) is 9.59 Å². The summed E-state index contributed by atoms with van der Waals surface area (Å²) < 4.78 is 5.52. The summed E-state index contributed by atoms with van der Waals surface area (Å²) in [6.45, 7) is 5.18. The number of hydrogen-bond donors (Lipinski definition) is 2. The van der Waals surface area contributed by atoms with Crippen molar-refractivity contribution >= 4 is 17.7 Å². The minimum Gasteiger partial charge on any atom is -0.431 e. The molecule has 3 heterocycles. The molecule has 7 nitrogen and oxygen atoms in total. The van der Waals surface area contributed by atoms with Crippen LogP contribution in [0.4, 0.5) is 10.5 Å². The molecular formula is C18H24N4O3. The molecule has 0 radical (unpaired) electrons. The molecule has 0 aliphatic carbocycles. The summed E-state index contributed by atoms with van der Waals surface area (Å²) in [6.07, 6.45) is 1.10. The molecular weight excluding hydrogens is 320 g/mol. The number of rotatable bonds is 2. The number of benzene rings is 1. The molecule has 134 valence electrons. The van der Waals surface area contributed by atoms with E-state index < -0.39 is 12.2 Å². The molecule has 1 aromatic rings. The predicted molar refractivity (Wildman–Crippen MR) is 93.3 cm³/mol. The molecule has 1 atom stereocenters. The fourth-order valence-corrected chi connectivity index (χ4v) is 3.91. The summed E-state index contributed by atoms with van der Waals surface area (Å²) >= 11 is 0. The van der Waals surface area contributed by atoms with Gasteiger partial charge in [-0.05, 0) is 32.0 Å². The molecule has 2 saturated heterocycles. The van der Waals surface area contributed by atoms with Crippen LogP contribution in [0.3, 0.4) is 0 Å². The van der Waals surface area contributed by atoms with Crippen molar-refractivity contribution in [3.05, 3.63) is 29.8 Å². The normalized spacial score (nSPS) is 24.7. The zero-order valence-corrected chi connectivity index (χ0v) is 14.2. The number of ether oxygens (including phenoxy) is 1. The molecule has 0 saturated carbocycles. The van der Waals surface area contributed by atoms with Crippen LogP contribution in [0.15, 0.2) is 24.3 Å². The highest BCUT2D eigenvalue weighted by molar-refractivity contribution is 6.02. The average molecular weight is 344 g/mol. The van der Waals surface area contributed by atoms with Gasteiger partial charge in [0.2, 0.25) is 6.10 Å². The second-order valence-corrected chi connectivity index (χ2v) is 6.84. The van der Waals surface area contributed by atoms with Gasteiger partial charge < -0.3 is 20.3 Å². The number of nitrogens with one attached hydrogen (secondary N) is 2. The van der Waals surface area contributed by atoms with Crippen LogP contribution in [-0.2, 0) is 9.53 Å². The van der Waals surface area contributed by atoms with E-state index in [4.69, 9.17) is 4.74 Å². The number of carbonyl (C=O) groups excluding carboxylic acids is 2. The van der Waals surface area contributed by atoms with E-state index in [-0.39, 0.29) is 5.91 Å². The summed E-state index contributed by atoms with van der Waals surface area (Å²) in [5, 5.41) is 6.14. The first-order chi connectivity index (χ1) is 12.2. The Bertz CT molecular complexity index is 651. The smallest absolute Gasteiger partial charge is 0.410 e. The number of amides is 2. The predicted octanol–water partition coefficient (Wildman–Crippen LogP) is 1.19. The number of nitrogens with zero attached hydrogens (tertiary/aromatic N) is 2. The Hall–Kier alpha value is -2.12. The SMILES string of the molecule is O=C1Nc2ccccc2C1OC(=O)N1CCN(C2CCNCC2)CC1. The van der Waals surface area contributed by atoms with E-state index in [0.29, 0.717) is 19.1 Å². The second-order valence-electron chi connectivity index (χ2n) is 6.84. The number of hydrogen-bond acceptors (Lipinski definition) is 5. The number of carbonyl (C=O) groups is 2. The molecule has 7 heteroatoms. The monoisotopic (exact) mass is 344 g/mol. The highest BCUT2D eigenvalue weighted by atomic mass is 16.6. The lowest BCUT2D eigenvalue weighted by Crippen LogP contribution is -2.54. The summed E-state index contributed by atoms with van der Waals surface area (Å²) in [6, 6.07) is 7.95. The van der Waals surface area contributed by atoms with E-state index in [1.807, 2.05) is 24.3 Å². The van der Waals surface area contributed by atoms with Gasteiger partial charge in [-0.25, -0.2) is 4.79 Å². The molecule has 2 N–H and O–H groups in total. The van der Waals surface area contributed by atoms with E-state index >= 15 is 0 Å². The van der Waals surface area contributed by atoms with Crippen molar-refractivity contribution < 1.29 is 14.3 Å². The van der Waals surface area contributed by atoms with Crippen LogP contribution in [0.25, 0.3) is 0 Å². The van der Waals surface area contributed by atoms with Crippen LogP contribution in [0.2, 0.25) is 0 Å². The van der Waals surface area contributed by atoms with Crippen molar-refractivity contribution in [2.24, 2.45) is 0 Å². The van der Waals surface area contributed by atoms with E-state index in [0.717, 1.165) is 37.4 Å². The second kappa shape index (κ2) is 7.01. The summed E-state index contributed by atoms with van der Waals surface area (Å²) in [5.41, 5.74) is 1.45. The van der Waals surface area contributed by atoms with Crippen LogP contribution in [-0.4, -0.2) is 67.1 Å². The molecule has 2 fully saturated rings. The maximum atomic E-state index is 12.5. The maximum absolute atomic E-state index is 12.5. The molecule has 0 spiro atoms. The van der Waals surface area contributed by atoms with E-state index in [1.165, 1.54) is 12.8 Å². The van der Waals surface area contributed by atoms with Crippen LogP contribution in [0.5, 0.6) is 0 Å². The average Bonchev–Trinajstić information content (AvgIpc) is 2.98. The molecule has 2 amide bonds. The van der Waals surface area contributed by atoms with Gasteiger partial charge >= 0.3 is 6.09 Å². The third kappa shape index (κ3) is 3.34. The number of para-hydroxylation sites is 1. The number of piperidine rings is 1. The van der Waals surface area contributed by atoms with Crippen molar-refractivity contribution in [3.8, 4) is 0 Å². The maximum Gasteiger partial charge on any atom is 0.410 e. The highest BCUT2D eigenvalue weighted by Crippen LogP contribution is 2.33. The summed E-state index contributed by atoms with van der Waals surface area (Å²) in [4.78, 5) is 28.8. The van der Waals surface area contributed by atoms with Crippen molar-refractivity contribution in [1.82, 2.24) is 15.1 Å². The summed E-state index contributed by atoms with van der Waals surface area (Å²) in [7, 11) is 0. The Balaban J connectivity index is 1.33. The zero-order chi connectivity index (χ0) is 17.2. The molecule has 4 rings (SSSR count).